The molecule has 0 unspecified atom stereocenters. The zero-order valence-electron chi connectivity index (χ0n) is 12.3. The van der Waals surface area contributed by atoms with Crippen LogP contribution in [0.3, 0.4) is 0 Å². The van der Waals surface area contributed by atoms with Crippen molar-refractivity contribution in [1.82, 2.24) is 0 Å². The summed E-state index contributed by atoms with van der Waals surface area (Å²) >= 11 is 11.6. The van der Waals surface area contributed by atoms with Crippen molar-refractivity contribution in [3.63, 3.8) is 0 Å². The van der Waals surface area contributed by atoms with Crippen LogP contribution in [0.4, 0.5) is 14.5 Å². The minimum atomic E-state index is -1.25. The number of esters is 1. The highest BCUT2D eigenvalue weighted by molar-refractivity contribution is 6.34. The molecule has 1 amide bonds. The molecule has 0 atom stereocenters. The van der Waals surface area contributed by atoms with Gasteiger partial charge in [-0.05, 0) is 36.8 Å². The summed E-state index contributed by atoms with van der Waals surface area (Å²) < 4.78 is 30.8. The van der Waals surface area contributed by atoms with Gasteiger partial charge in [0.1, 0.15) is 0 Å². The summed E-state index contributed by atoms with van der Waals surface area (Å²) in [6, 6.07) is 6.26. The lowest BCUT2D eigenvalue weighted by atomic mass is 10.2. The lowest BCUT2D eigenvalue weighted by Crippen LogP contribution is -2.21. The molecule has 0 heterocycles. The number of anilines is 1. The van der Waals surface area contributed by atoms with E-state index >= 15 is 0 Å². The molecule has 0 fully saturated rings. The molecule has 0 spiro atoms. The van der Waals surface area contributed by atoms with Gasteiger partial charge in [0.05, 0.1) is 21.3 Å². The maximum absolute atomic E-state index is 13.1. The largest absolute Gasteiger partial charge is 0.452 e. The third-order valence-corrected chi connectivity index (χ3v) is 3.59. The maximum Gasteiger partial charge on any atom is 0.340 e. The number of benzene rings is 2. The van der Waals surface area contributed by atoms with E-state index < -0.39 is 30.1 Å². The third-order valence-electron chi connectivity index (χ3n) is 2.96. The Labute approximate surface area is 146 Å². The van der Waals surface area contributed by atoms with E-state index in [4.69, 9.17) is 27.9 Å². The lowest BCUT2D eigenvalue weighted by Gasteiger charge is -2.09. The van der Waals surface area contributed by atoms with Gasteiger partial charge in [0, 0.05) is 0 Å². The number of carbonyl (C=O) groups is 2. The molecule has 0 saturated carbocycles. The Kier molecular flexibility index (Phi) is 5.75. The Morgan fingerprint density at radius 2 is 1.75 bits per heavy atom. The summed E-state index contributed by atoms with van der Waals surface area (Å²) in [5, 5.41) is 2.48. The smallest absolute Gasteiger partial charge is 0.340 e. The van der Waals surface area contributed by atoms with E-state index in [0.29, 0.717) is 22.8 Å². The van der Waals surface area contributed by atoms with Crippen molar-refractivity contribution in [3.05, 3.63) is 63.1 Å². The summed E-state index contributed by atoms with van der Waals surface area (Å²) in [4.78, 5) is 23.6. The van der Waals surface area contributed by atoms with Crippen molar-refractivity contribution in [2.24, 2.45) is 0 Å². The van der Waals surface area contributed by atoms with Gasteiger partial charge in [0.2, 0.25) is 0 Å². The van der Waals surface area contributed by atoms with Gasteiger partial charge in [0.15, 0.2) is 18.2 Å². The van der Waals surface area contributed by atoms with Gasteiger partial charge in [-0.3, -0.25) is 4.79 Å². The van der Waals surface area contributed by atoms with E-state index in [2.05, 4.69) is 5.32 Å². The number of carbonyl (C=O) groups excluding carboxylic acids is 2. The first-order valence-electron chi connectivity index (χ1n) is 6.65. The molecular weight excluding hydrogens is 363 g/mol. The van der Waals surface area contributed by atoms with Gasteiger partial charge < -0.3 is 10.1 Å². The predicted molar refractivity (Wildman–Crippen MR) is 86.5 cm³/mol. The van der Waals surface area contributed by atoms with E-state index in [1.54, 1.807) is 18.2 Å². The second-order valence-electron chi connectivity index (χ2n) is 4.85. The van der Waals surface area contributed by atoms with Crippen molar-refractivity contribution in [2.75, 3.05) is 11.9 Å². The van der Waals surface area contributed by atoms with Crippen LogP contribution in [-0.2, 0) is 9.53 Å². The lowest BCUT2D eigenvalue weighted by molar-refractivity contribution is -0.119. The molecule has 0 bridgehead atoms. The highest BCUT2D eigenvalue weighted by Crippen LogP contribution is 2.23. The molecule has 0 radical (unpaired) electrons. The van der Waals surface area contributed by atoms with E-state index in [9.17, 15) is 18.4 Å². The normalized spacial score (nSPS) is 10.4. The van der Waals surface area contributed by atoms with Crippen molar-refractivity contribution in [1.29, 1.82) is 0 Å². The van der Waals surface area contributed by atoms with Crippen LogP contribution < -0.4 is 5.32 Å². The molecule has 2 aromatic carbocycles. The zero-order chi connectivity index (χ0) is 17.9. The van der Waals surface area contributed by atoms with Crippen LogP contribution >= 0.6 is 23.2 Å². The van der Waals surface area contributed by atoms with E-state index in [0.717, 1.165) is 5.56 Å². The van der Waals surface area contributed by atoms with Crippen LogP contribution in [0.1, 0.15) is 15.9 Å². The maximum atomic E-state index is 13.1. The van der Waals surface area contributed by atoms with E-state index in [1.165, 1.54) is 0 Å². The van der Waals surface area contributed by atoms with Crippen molar-refractivity contribution in [3.8, 4) is 0 Å². The molecule has 24 heavy (non-hydrogen) atoms. The number of aryl methyl sites for hydroxylation is 1. The summed E-state index contributed by atoms with van der Waals surface area (Å²) in [6.07, 6.45) is 0. The molecule has 0 aliphatic carbocycles. The Balaban J connectivity index is 1.99. The topological polar surface area (TPSA) is 55.4 Å². The van der Waals surface area contributed by atoms with Gasteiger partial charge in [-0.15, -0.1) is 0 Å². The molecule has 0 saturated heterocycles. The Morgan fingerprint density at radius 3 is 2.42 bits per heavy atom. The van der Waals surface area contributed by atoms with Gasteiger partial charge >= 0.3 is 5.97 Å². The Hall–Kier alpha value is -2.18. The number of amides is 1. The fraction of sp³-hybridized carbons (Fsp3) is 0.125. The molecule has 2 rings (SSSR count). The van der Waals surface area contributed by atoms with Gasteiger partial charge in [-0.1, -0.05) is 29.3 Å². The number of rotatable bonds is 4. The number of nitrogens with one attached hydrogen (secondary N) is 1. The first kappa shape index (κ1) is 18.2. The van der Waals surface area contributed by atoms with Crippen LogP contribution in [0.5, 0.6) is 0 Å². The summed E-state index contributed by atoms with van der Waals surface area (Å²) in [5.41, 5.74) is 0.892. The fourth-order valence-corrected chi connectivity index (χ4v) is 2.31. The third kappa shape index (κ3) is 4.43. The summed E-state index contributed by atoms with van der Waals surface area (Å²) in [7, 11) is 0. The average Bonchev–Trinajstić information content (AvgIpc) is 2.51. The van der Waals surface area contributed by atoms with Crippen molar-refractivity contribution >= 4 is 40.8 Å². The number of ether oxygens (including phenoxy) is 1. The standard InChI is InChI=1S/C16H11Cl2F2NO3/c1-8-2-3-14(11(18)4-8)21-15(22)7-24-16(23)9-5-12(19)13(20)6-10(9)17/h2-6H,7H2,1H3,(H,21,22). The molecule has 0 aliphatic heterocycles. The molecule has 8 heteroatoms. The summed E-state index contributed by atoms with van der Waals surface area (Å²) in [6.45, 7) is 1.20. The molecule has 2 aromatic rings. The summed E-state index contributed by atoms with van der Waals surface area (Å²) in [5.74, 6) is -4.14. The monoisotopic (exact) mass is 373 g/mol. The zero-order valence-corrected chi connectivity index (χ0v) is 13.8. The highest BCUT2D eigenvalue weighted by atomic mass is 35.5. The number of hydrogen-bond acceptors (Lipinski definition) is 3. The minimum Gasteiger partial charge on any atom is -0.452 e. The fourth-order valence-electron chi connectivity index (χ4n) is 1.80. The van der Waals surface area contributed by atoms with Gasteiger partial charge in [-0.2, -0.15) is 0 Å². The van der Waals surface area contributed by atoms with Crippen molar-refractivity contribution < 1.29 is 23.1 Å². The molecular formula is C16H11Cl2F2NO3. The number of hydrogen-bond donors (Lipinski definition) is 1. The van der Waals surface area contributed by atoms with Crippen LogP contribution in [0, 0.1) is 18.6 Å². The van der Waals surface area contributed by atoms with E-state index in [1.807, 2.05) is 6.92 Å². The predicted octanol–water partition coefficient (Wildman–Crippen LogP) is 4.38. The molecule has 1 N–H and O–H groups in total. The van der Waals surface area contributed by atoms with Gasteiger partial charge in [-0.25, -0.2) is 13.6 Å². The second-order valence-corrected chi connectivity index (χ2v) is 5.67. The van der Waals surface area contributed by atoms with E-state index in [-0.39, 0.29) is 10.6 Å². The molecule has 0 aliphatic rings. The van der Waals surface area contributed by atoms with Crippen LogP contribution in [0.15, 0.2) is 30.3 Å². The van der Waals surface area contributed by atoms with Crippen LogP contribution in [-0.4, -0.2) is 18.5 Å². The van der Waals surface area contributed by atoms with Gasteiger partial charge in [0.25, 0.3) is 5.91 Å². The van der Waals surface area contributed by atoms with Crippen LogP contribution in [0.2, 0.25) is 10.0 Å². The highest BCUT2D eigenvalue weighted by Gasteiger charge is 2.17. The first-order valence-corrected chi connectivity index (χ1v) is 7.41. The molecule has 126 valence electrons. The molecule has 0 aromatic heterocycles. The Bertz CT molecular complexity index is 812. The quantitative estimate of drug-likeness (QED) is 0.639. The second kappa shape index (κ2) is 7.59. The minimum absolute atomic E-state index is 0.319. The SMILES string of the molecule is Cc1ccc(NC(=O)COC(=O)c2cc(F)c(F)cc2Cl)c(Cl)c1. The average molecular weight is 374 g/mol. The number of halogens is 4. The molecule has 4 nitrogen and oxygen atoms in total. The first-order chi connectivity index (χ1) is 11.3. The van der Waals surface area contributed by atoms with Crippen molar-refractivity contribution in [2.45, 2.75) is 6.92 Å². The Morgan fingerprint density at radius 1 is 1.08 bits per heavy atom. The van der Waals surface area contributed by atoms with Crippen LogP contribution in [0.25, 0.3) is 0 Å².